The highest BCUT2D eigenvalue weighted by Crippen LogP contribution is 2.16. The molecule has 1 aromatic carbocycles. The second kappa shape index (κ2) is 4.77. The first kappa shape index (κ1) is 12.2. The van der Waals surface area contributed by atoms with Crippen molar-refractivity contribution in [1.82, 2.24) is 0 Å². The molecule has 3 nitrogen and oxygen atoms in total. The maximum absolute atomic E-state index is 11.3. The van der Waals surface area contributed by atoms with Crippen LogP contribution in [0.4, 0.5) is 0 Å². The van der Waals surface area contributed by atoms with Gasteiger partial charge in [-0.05, 0) is 12.5 Å². The number of rotatable bonds is 4. The lowest BCUT2D eigenvalue weighted by Crippen LogP contribution is -2.16. The van der Waals surface area contributed by atoms with Gasteiger partial charge in [0.25, 0.3) is 0 Å². The van der Waals surface area contributed by atoms with E-state index in [2.05, 4.69) is 0 Å². The first-order chi connectivity index (χ1) is 6.94. The fourth-order valence-corrected chi connectivity index (χ4v) is 2.24. The van der Waals surface area contributed by atoms with E-state index in [0.717, 1.165) is 5.56 Å². The molecular formula is C11H16O3S. The van der Waals surface area contributed by atoms with Crippen molar-refractivity contribution in [1.29, 1.82) is 0 Å². The van der Waals surface area contributed by atoms with Gasteiger partial charge in [-0.1, -0.05) is 36.8 Å². The quantitative estimate of drug-likeness (QED) is 0.849. The van der Waals surface area contributed by atoms with Gasteiger partial charge in [-0.15, -0.1) is 0 Å². The number of aliphatic hydroxyl groups is 1. The molecule has 1 aromatic rings. The van der Waals surface area contributed by atoms with E-state index < -0.39 is 15.9 Å². The standard InChI is InChI=1S/C11H16O3S/c1-3-15(13,14)8-11(12)10-6-4-5-9(2)7-10/h4-7,11-12H,3,8H2,1-2H3/t11-/m0/s1. The first-order valence-corrected chi connectivity index (χ1v) is 6.72. The van der Waals surface area contributed by atoms with E-state index >= 15 is 0 Å². The Morgan fingerprint density at radius 2 is 2.07 bits per heavy atom. The zero-order valence-corrected chi connectivity index (χ0v) is 9.79. The number of benzene rings is 1. The largest absolute Gasteiger partial charge is 0.387 e. The van der Waals surface area contributed by atoms with E-state index in [1.54, 1.807) is 19.1 Å². The SMILES string of the molecule is CCS(=O)(=O)C[C@H](O)c1cccc(C)c1. The molecule has 0 aromatic heterocycles. The van der Waals surface area contributed by atoms with Gasteiger partial charge < -0.3 is 5.11 Å². The molecule has 0 aliphatic rings. The summed E-state index contributed by atoms with van der Waals surface area (Å²) in [5.41, 5.74) is 1.67. The van der Waals surface area contributed by atoms with Crippen molar-refractivity contribution < 1.29 is 13.5 Å². The predicted molar refractivity (Wildman–Crippen MR) is 60.5 cm³/mol. The van der Waals surface area contributed by atoms with Crippen LogP contribution < -0.4 is 0 Å². The third kappa shape index (κ3) is 3.64. The second-order valence-corrected chi connectivity index (χ2v) is 6.03. The van der Waals surface area contributed by atoms with E-state index in [-0.39, 0.29) is 11.5 Å². The van der Waals surface area contributed by atoms with Gasteiger partial charge in [0.1, 0.15) is 0 Å². The summed E-state index contributed by atoms with van der Waals surface area (Å²) in [5, 5.41) is 9.73. The summed E-state index contributed by atoms with van der Waals surface area (Å²) >= 11 is 0. The van der Waals surface area contributed by atoms with Gasteiger partial charge in [0.05, 0.1) is 11.9 Å². The summed E-state index contributed by atoms with van der Waals surface area (Å²) in [6, 6.07) is 7.26. The maximum atomic E-state index is 11.3. The van der Waals surface area contributed by atoms with Gasteiger partial charge in [-0.3, -0.25) is 0 Å². The summed E-state index contributed by atoms with van der Waals surface area (Å²) in [6.45, 7) is 3.49. The molecule has 0 bridgehead atoms. The molecule has 15 heavy (non-hydrogen) atoms. The monoisotopic (exact) mass is 228 g/mol. The van der Waals surface area contributed by atoms with Crippen molar-refractivity contribution >= 4 is 9.84 Å². The minimum atomic E-state index is -3.13. The lowest BCUT2D eigenvalue weighted by atomic mass is 10.1. The highest BCUT2D eigenvalue weighted by Gasteiger charge is 2.16. The van der Waals surface area contributed by atoms with Crippen LogP contribution in [0.1, 0.15) is 24.2 Å². The molecule has 0 spiro atoms. The van der Waals surface area contributed by atoms with E-state index in [0.29, 0.717) is 5.56 Å². The van der Waals surface area contributed by atoms with E-state index in [1.165, 1.54) is 0 Å². The van der Waals surface area contributed by atoms with Crippen molar-refractivity contribution in [2.24, 2.45) is 0 Å². The van der Waals surface area contributed by atoms with Crippen molar-refractivity contribution in [2.75, 3.05) is 11.5 Å². The van der Waals surface area contributed by atoms with E-state index in [1.807, 2.05) is 19.1 Å². The van der Waals surface area contributed by atoms with Crippen LogP contribution in [-0.2, 0) is 9.84 Å². The minimum Gasteiger partial charge on any atom is -0.387 e. The summed E-state index contributed by atoms with van der Waals surface area (Å²) in [7, 11) is -3.13. The highest BCUT2D eigenvalue weighted by molar-refractivity contribution is 7.91. The van der Waals surface area contributed by atoms with Crippen LogP contribution in [0.3, 0.4) is 0 Å². The summed E-state index contributed by atoms with van der Waals surface area (Å²) in [5.74, 6) is -0.136. The van der Waals surface area contributed by atoms with Gasteiger partial charge in [-0.25, -0.2) is 8.42 Å². The molecule has 84 valence electrons. The summed E-state index contributed by atoms with van der Waals surface area (Å²) < 4.78 is 22.6. The second-order valence-electron chi connectivity index (χ2n) is 3.63. The van der Waals surface area contributed by atoms with Crippen molar-refractivity contribution in [3.8, 4) is 0 Å². The van der Waals surface area contributed by atoms with Crippen LogP contribution in [-0.4, -0.2) is 25.0 Å². The number of aryl methyl sites for hydroxylation is 1. The minimum absolute atomic E-state index is 0.0654. The molecule has 0 aliphatic carbocycles. The Balaban J connectivity index is 2.82. The van der Waals surface area contributed by atoms with E-state index in [4.69, 9.17) is 0 Å². The number of sulfone groups is 1. The van der Waals surface area contributed by atoms with Crippen LogP contribution in [0.2, 0.25) is 0 Å². The van der Waals surface area contributed by atoms with Crippen LogP contribution in [0, 0.1) is 6.92 Å². The van der Waals surface area contributed by atoms with Crippen LogP contribution >= 0.6 is 0 Å². The molecule has 1 atom stereocenters. The molecular weight excluding hydrogens is 212 g/mol. The zero-order valence-electron chi connectivity index (χ0n) is 8.97. The molecule has 0 saturated heterocycles. The molecule has 0 amide bonds. The normalized spacial score (nSPS) is 13.8. The van der Waals surface area contributed by atoms with Crippen LogP contribution in [0.25, 0.3) is 0 Å². The number of hydrogen-bond donors (Lipinski definition) is 1. The average molecular weight is 228 g/mol. The molecule has 0 saturated carbocycles. The Hall–Kier alpha value is -0.870. The lowest BCUT2D eigenvalue weighted by molar-refractivity contribution is 0.201. The molecule has 4 heteroatoms. The van der Waals surface area contributed by atoms with Crippen LogP contribution in [0.15, 0.2) is 24.3 Å². The number of aliphatic hydroxyl groups excluding tert-OH is 1. The fraction of sp³-hybridized carbons (Fsp3) is 0.455. The third-order valence-corrected chi connectivity index (χ3v) is 3.98. The zero-order chi connectivity index (χ0) is 11.5. The fourth-order valence-electron chi connectivity index (χ4n) is 1.33. The molecule has 0 unspecified atom stereocenters. The van der Waals surface area contributed by atoms with Crippen LogP contribution in [0.5, 0.6) is 0 Å². The molecule has 0 radical (unpaired) electrons. The first-order valence-electron chi connectivity index (χ1n) is 4.89. The molecule has 0 heterocycles. The van der Waals surface area contributed by atoms with Gasteiger partial charge >= 0.3 is 0 Å². The number of hydrogen-bond acceptors (Lipinski definition) is 3. The topological polar surface area (TPSA) is 54.4 Å². The van der Waals surface area contributed by atoms with E-state index in [9.17, 15) is 13.5 Å². The Kier molecular flexibility index (Phi) is 3.88. The Morgan fingerprint density at radius 3 is 2.60 bits per heavy atom. The lowest BCUT2D eigenvalue weighted by Gasteiger charge is -2.11. The average Bonchev–Trinajstić information content (AvgIpc) is 2.17. The van der Waals surface area contributed by atoms with Crippen molar-refractivity contribution in [3.63, 3.8) is 0 Å². The molecule has 1 rings (SSSR count). The van der Waals surface area contributed by atoms with Gasteiger partial charge in [0.15, 0.2) is 9.84 Å². The molecule has 1 N–H and O–H groups in total. The third-order valence-electron chi connectivity index (χ3n) is 2.28. The summed E-state index contributed by atoms with van der Waals surface area (Å²) in [6.07, 6.45) is -0.921. The Bertz CT molecular complexity index is 423. The van der Waals surface area contributed by atoms with Crippen molar-refractivity contribution in [2.45, 2.75) is 20.0 Å². The highest BCUT2D eigenvalue weighted by atomic mass is 32.2. The van der Waals surface area contributed by atoms with Crippen molar-refractivity contribution in [3.05, 3.63) is 35.4 Å². The Labute approximate surface area is 90.7 Å². The summed E-state index contributed by atoms with van der Waals surface area (Å²) in [4.78, 5) is 0. The molecule has 0 fully saturated rings. The smallest absolute Gasteiger partial charge is 0.152 e. The Morgan fingerprint density at radius 1 is 1.40 bits per heavy atom. The van der Waals surface area contributed by atoms with Gasteiger partial charge in [-0.2, -0.15) is 0 Å². The maximum Gasteiger partial charge on any atom is 0.152 e. The molecule has 0 aliphatic heterocycles. The van der Waals surface area contributed by atoms with Gasteiger partial charge in [0, 0.05) is 5.75 Å². The predicted octanol–water partition coefficient (Wildman–Crippen LogP) is 1.46. The van der Waals surface area contributed by atoms with Gasteiger partial charge in [0.2, 0.25) is 0 Å².